The zero-order valence-corrected chi connectivity index (χ0v) is 14.2. The Morgan fingerprint density at radius 2 is 2.00 bits per heavy atom. The minimum Gasteiger partial charge on any atom is -0.497 e. The molecule has 1 aromatic heterocycles. The van der Waals surface area contributed by atoms with E-state index in [2.05, 4.69) is 17.3 Å². The smallest absolute Gasteiger partial charge is 0.273 e. The third-order valence-corrected chi connectivity index (χ3v) is 4.73. The molecule has 0 atom stereocenters. The zero-order chi connectivity index (χ0) is 16.2. The maximum Gasteiger partial charge on any atom is 0.273 e. The highest BCUT2D eigenvalue weighted by molar-refractivity contribution is 7.14. The molecule has 0 aliphatic carbocycles. The van der Waals surface area contributed by atoms with Crippen LogP contribution in [0, 0.1) is 0 Å². The summed E-state index contributed by atoms with van der Waals surface area (Å²) in [6.45, 7) is 3.58. The van der Waals surface area contributed by atoms with E-state index in [4.69, 9.17) is 4.74 Å². The van der Waals surface area contributed by atoms with Gasteiger partial charge >= 0.3 is 0 Å². The molecular weight excluding hydrogens is 312 g/mol. The van der Waals surface area contributed by atoms with Gasteiger partial charge in [-0.3, -0.25) is 4.79 Å². The Morgan fingerprint density at radius 3 is 2.65 bits per heavy atom. The number of carbonyl (C=O) groups excluding carboxylic acids is 1. The Bertz CT molecular complexity index is 663. The van der Waals surface area contributed by atoms with E-state index in [1.807, 2.05) is 34.5 Å². The quantitative estimate of drug-likeness (QED) is 0.872. The van der Waals surface area contributed by atoms with Gasteiger partial charge in [0, 0.05) is 11.1 Å². The molecule has 1 amide bonds. The molecule has 122 valence electrons. The van der Waals surface area contributed by atoms with E-state index >= 15 is 0 Å². The fraction of sp³-hybridized carbons (Fsp3) is 0.375. The molecule has 1 fully saturated rings. The van der Waals surface area contributed by atoms with E-state index in [0.29, 0.717) is 5.69 Å². The van der Waals surface area contributed by atoms with E-state index in [0.717, 1.165) is 42.7 Å². The molecule has 0 radical (unpaired) electrons. The number of nitrogens with zero attached hydrogens (tertiary/aromatic N) is 2. The van der Waals surface area contributed by atoms with Crippen LogP contribution in [0.3, 0.4) is 0 Å². The molecule has 3 rings (SSSR count). The second-order valence-electron chi connectivity index (χ2n) is 5.64. The number of nitrogens with one attached hydrogen (secondary N) is 2. The van der Waals surface area contributed by atoms with Gasteiger partial charge in [-0.15, -0.1) is 11.3 Å². The standard InChI is InChI=1S/C16H20N4O2S/c1-19-7-9-20(10-8-19)15(21)14-11-23-16(18-14)17-12-3-5-13(22-2)6-4-12/h3-6,11H,7-10H2,1-2H3,(H,17,18)/p+1. The van der Waals surface area contributed by atoms with Gasteiger partial charge in [0.15, 0.2) is 5.13 Å². The van der Waals surface area contributed by atoms with Gasteiger partial charge in [-0.25, -0.2) is 4.98 Å². The molecule has 2 N–H and O–H groups in total. The summed E-state index contributed by atoms with van der Waals surface area (Å²) in [6.07, 6.45) is 0. The summed E-state index contributed by atoms with van der Waals surface area (Å²) < 4.78 is 5.14. The number of benzene rings is 1. The molecule has 0 spiro atoms. The summed E-state index contributed by atoms with van der Waals surface area (Å²) in [5, 5.41) is 5.76. The Hall–Kier alpha value is -2.12. The maximum atomic E-state index is 12.5. The van der Waals surface area contributed by atoms with Crippen molar-refractivity contribution in [3.05, 3.63) is 35.3 Å². The minimum absolute atomic E-state index is 0.0246. The summed E-state index contributed by atoms with van der Waals surface area (Å²) in [4.78, 5) is 20.2. The SMILES string of the molecule is COc1ccc(Nc2nc(C(=O)N3CC[NH+](C)CC3)cs2)cc1. The number of carbonyl (C=O) groups is 1. The number of amides is 1. The monoisotopic (exact) mass is 333 g/mol. The van der Waals surface area contributed by atoms with Crippen molar-refractivity contribution in [1.82, 2.24) is 9.88 Å². The van der Waals surface area contributed by atoms with Gasteiger partial charge in [-0.2, -0.15) is 0 Å². The highest BCUT2D eigenvalue weighted by Gasteiger charge is 2.24. The molecule has 0 saturated carbocycles. The van der Waals surface area contributed by atoms with Gasteiger partial charge in [0.05, 0.1) is 40.3 Å². The molecule has 0 bridgehead atoms. The molecule has 6 nitrogen and oxygen atoms in total. The number of thiazole rings is 1. The van der Waals surface area contributed by atoms with Gasteiger partial charge in [-0.05, 0) is 24.3 Å². The van der Waals surface area contributed by atoms with E-state index in [1.54, 1.807) is 7.11 Å². The highest BCUT2D eigenvalue weighted by Crippen LogP contribution is 2.23. The zero-order valence-electron chi connectivity index (χ0n) is 13.3. The number of hydrogen-bond donors (Lipinski definition) is 2. The first-order valence-electron chi connectivity index (χ1n) is 7.63. The molecule has 23 heavy (non-hydrogen) atoms. The van der Waals surface area contributed by atoms with Crippen LogP contribution in [-0.2, 0) is 0 Å². The predicted molar refractivity (Wildman–Crippen MR) is 90.9 cm³/mol. The molecule has 1 aliphatic rings. The summed E-state index contributed by atoms with van der Waals surface area (Å²) in [5.41, 5.74) is 1.44. The molecular formula is C16H21N4O2S+. The Kier molecular flexibility index (Phi) is 4.78. The lowest BCUT2D eigenvalue weighted by Gasteiger charge is -2.29. The van der Waals surface area contributed by atoms with Gasteiger partial charge in [0.25, 0.3) is 5.91 Å². The number of piperazine rings is 1. The lowest BCUT2D eigenvalue weighted by atomic mass is 10.3. The molecule has 7 heteroatoms. The van der Waals surface area contributed by atoms with Crippen molar-refractivity contribution in [1.29, 1.82) is 0 Å². The number of methoxy groups -OCH3 is 1. The van der Waals surface area contributed by atoms with Gasteiger partial charge < -0.3 is 19.9 Å². The van der Waals surface area contributed by atoms with Crippen molar-refractivity contribution in [2.24, 2.45) is 0 Å². The van der Waals surface area contributed by atoms with Gasteiger partial charge in [-0.1, -0.05) is 0 Å². The second-order valence-corrected chi connectivity index (χ2v) is 6.50. The van der Waals surface area contributed by atoms with Crippen molar-refractivity contribution in [2.45, 2.75) is 0 Å². The topological polar surface area (TPSA) is 58.9 Å². The Balaban J connectivity index is 1.64. The molecule has 2 heterocycles. The third-order valence-electron chi connectivity index (χ3n) is 3.97. The fourth-order valence-electron chi connectivity index (χ4n) is 2.48. The molecule has 2 aromatic rings. The van der Waals surface area contributed by atoms with Crippen molar-refractivity contribution in [3.63, 3.8) is 0 Å². The minimum atomic E-state index is 0.0246. The van der Waals surface area contributed by atoms with Crippen molar-refractivity contribution in [2.75, 3.05) is 45.7 Å². The lowest BCUT2D eigenvalue weighted by molar-refractivity contribution is -0.883. The highest BCUT2D eigenvalue weighted by atomic mass is 32.1. The van der Waals surface area contributed by atoms with E-state index in [1.165, 1.54) is 16.2 Å². The number of ether oxygens (including phenoxy) is 1. The van der Waals surface area contributed by atoms with Crippen molar-refractivity contribution in [3.8, 4) is 5.75 Å². The largest absolute Gasteiger partial charge is 0.497 e. The summed E-state index contributed by atoms with van der Waals surface area (Å²) in [5.74, 6) is 0.833. The first-order valence-corrected chi connectivity index (χ1v) is 8.51. The summed E-state index contributed by atoms with van der Waals surface area (Å²) in [6, 6.07) is 7.61. The average Bonchev–Trinajstić information content (AvgIpc) is 3.04. The number of quaternary nitrogens is 1. The Morgan fingerprint density at radius 1 is 1.30 bits per heavy atom. The second kappa shape index (κ2) is 6.97. The van der Waals surface area contributed by atoms with Gasteiger partial charge in [0.2, 0.25) is 0 Å². The van der Waals surface area contributed by atoms with E-state index in [9.17, 15) is 4.79 Å². The van der Waals surface area contributed by atoms with Crippen LogP contribution in [0.2, 0.25) is 0 Å². The Labute approximate surface area is 139 Å². The molecule has 1 aliphatic heterocycles. The number of likely N-dealkylation sites (N-methyl/N-ethyl adjacent to an activating group) is 1. The van der Waals surface area contributed by atoms with Crippen LogP contribution in [0.1, 0.15) is 10.5 Å². The normalized spacial score (nSPS) is 15.5. The number of hydrogen-bond acceptors (Lipinski definition) is 5. The lowest BCUT2D eigenvalue weighted by Crippen LogP contribution is -3.12. The average molecular weight is 333 g/mol. The summed E-state index contributed by atoms with van der Waals surface area (Å²) >= 11 is 1.44. The van der Waals surface area contributed by atoms with Gasteiger partial charge in [0.1, 0.15) is 11.4 Å². The number of rotatable bonds is 4. The number of anilines is 2. The van der Waals surface area contributed by atoms with Crippen molar-refractivity contribution >= 4 is 28.1 Å². The maximum absolute atomic E-state index is 12.5. The van der Waals surface area contributed by atoms with Crippen LogP contribution in [0.4, 0.5) is 10.8 Å². The van der Waals surface area contributed by atoms with Crippen molar-refractivity contribution < 1.29 is 14.4 Å². The molecule has 0 unspecified atom stereocenters. The van der Waals surface area contributed by atoms with E-state index < -0.39 is 0 Å². The van der Waals surface area contributed by atoms with Crippen LogP contribution in [0.5, 0.6) is 5.75 Å². The molecule has 1 aromatic carbocycles. The van der Waals surface area contributed by atoms with Crippen LogP contribution in [-0.4, -0.2) is 56.1 Å². The first kappa shape index (κ1) is 15.8. The van der Waals surface area contributed by atoms with Crippen LogP contribution in [0.15, 0.2) is 29.6 Å². The van der Waals surface area contributed by atoms with Crippen LogP contribution < -0.4 is 15.0 Å². The predicted octanol–water partition coefficient (Wildman–Crippen LogP) is 0.866. The molecule has 1 saturated heterocycles. The third kappa shape index (κ3) is 3.80. The van der Waals surface area contributed by atoms with Crippen LogP contribution >= 0.6 is 11.3 Å². The fourth-order valence-corrected chi connectivity index (χ4v) is 3.19. The van der Waals surface area contributed by atoms with Crippen LogP contribution in [0.25, 0.3) is 0 Å². The first-order chi connectivity index (χ1) is 11.2. The number of aromatic nitrogens is 1. The summed E-state index contributed by atoms with van der Waals surface area (Å²) in [7, 11) is 3.79. The van der Waals surface area contributed by atoms with E-state index in [-0.39, 0.29) is 5.91 Å².